The first-order valence-corrected chi connectivity index (χ1v) is 8.94. The van der Waals surface area contributed by atoms with E-state index < -0.39 is 0 Å². The number of hydrogen-bond acceptors (Lipinski definition) is 5. The molecule has 0 spiro atoms. The molecule has 0 saturated carbocycles. The van der Waals surface area contributed by atoms with Gasteiger partial charge in [0.1, 0.15) is 17.5 Å². The third-order valence-corrected chi connectivity index (χ3v) is 4.92. The Morgan fingerprint density at radius 2 is 2.16 bits per heavy atom. The Kier molecular flexibility index (Phi) is 4.67. The highest BCUT2D eigenvalue weighted by Crippen LogP contribution is 2.22. The van der Waals surface area contributed by atoms with Crippen LogP contribution < -0.4 is 10.2 Å². The number of nitrogens with one attached hydrogen (secondary N) is 1. The highest BCUT2D eigenvalue weighted by atomic mass is 19.1. The molecule has 0 unspecified atom stereocenters. The molecule has 1 aromatic carbocycles. The second kappa shape index (κ2) is 7.09. The number of anilines is 1. The third kappa shape index (κ3) is 3.67. The fourth-order valence-corrected chi connectivity index (χ4v) is 3.58. The van der Waals surface area contributed by atoms with Crippen molar-refractivity contribution in [1.82, 2.24) is 20.1 Å². The fourth-order valence-electron chi connectivity index (χ4n) is 3.58. The van der Waals surface area contributed by atoms with Crippen molar-refractivity contribution in [1.29, 1.82) is 0 Å². The van der Waals surface area contributed by atoms with E-state index >= 15 is 0 Å². The van der Waals surface area contributed by atoms with Gasteiger partial charge < -0.3 is 15.0 Å². The molecule has 25 heavy (non-hydrogen) atoms. The van der Waals surface area contributed by atoms with Crippen molar-refractivity contribution < 1.29 is 9.13 Å². The van der Waals surface area contributed by atoms with Crippen LogP contribution in [-0.4, -0.2) is 47.1 Å². The van der Waals surface area contributed by atoms with Crippen LogP contribution in [0.4, 0.5) is 10.1 Å². The summed E-state index contributed by atoms with van der Waals surface area (Å²) in [5, 5.41) is 7.95. The molecule has 3 heterocycles. The second-order valence-corrected chi connectivity index (χ2v) is 6.76. The SMILES string of the molecule is Cc1nc2n(n1)C[C@@H](NCc1ccc(N3CCOCC3)c(F)c1)CC2. The van der Waals surface area contributed by atoms with E-state index in [1.807, 2.05) is 28.6 Å². The number of halogens is 1. The Balaban J connectivity index is 1.36. The van der Waals surface area contributed by atoms with E-state index in [0.717, 1.165) is 49.7 Å². The molecule has 0 amide bonds. The predicted octanol–water partition coefficient (Wildman–Crippen LogP) is 1.67. The summed E-state index contributed by atoms with van der Waals surface area (Å²) >= 11 is 0. The van der Waals surface area contributed by atoms with Gasteiger partial charge in [-0.1, -0.05) is 6.07 Å². The molecule has 1 fully saturated rings. The van der Waals surface area contributed by atoms with E-state index in [0.29, 0.717) is 31.5 Å². The normalized spacial score (nSPS) is 20.6. The Bertz CT molecular complexity index is 741. The molecule has 2 aromatic rings. The summed E-state index contributed by atoms with van der Waals surface area (Å²) in [6, 6.07) is 5.88. The van der Waals surface area contributed by atoms with Gasteiger partial charge in [0.25, 0.3) is 0 Å². The van der Waals surface area contributed by atoms with Gasteiger partial charge >= 0.3 is 0 Å². The molecule has 1 aromatic heterocycles. The average molecular weight is 345 g/mol. The number of rotatable bonds is 4. The first-order valence-electron chi connectivity index (χ1n) is 8.94. The monoisotopic (exact) mass is 345 g/mol. The van der Waals surface area contributed by atoms with Gasteiger partial charge in [0.05, 0.1) is 25.4 Å². The average Bonchev–Trinajstić information content (AvgIpc) is 3.00. The van der Waals surface area contributed by atoms with Crippen LogP contribution in [-0.2, 0) is 24.2 Å². The largest absolute Gasteiger partial charge is 0.378 e. The van der Waals surface area contributed by atoms with Crippen LogP contribution in [0.5, 0.6) is 0 Å². The van der Waals surface area contributed by atoms with Gasteiger partial charge in [-0.05, 0) is 31.0 Å². The quantitative estimate of drug-likeness (QED) is 0.913. The molecule has 7 heteroatoms. The van der Waals surface area contributed by atoms with Gasteiger partial charge in [0.2, 0.25) is 0 Å². The Morgan fingerprint density at radius 1 is 1.32 bits per heavy atom. The number of morpholine rings is 1. The van der Waals surface area contributed by atoms with Crippen molar-refractivity contribution in [2.45, 2.75) is 38.9 Å². The molecule has 1 atom stereocenters. The maximum Gasteiger partial charge on any atom is 0.147 e. The Hall–Kier alpha value is -1.99. The number of hydrogen-bond donors (Lipinski definition) is 1. The third-order valence-electron chi connectivity index (χ3n) is 4.92. The maximum absolute atomic E-state index is 14.5. The molecule has 2 aliphatic rings. The van der Waals surface area contributed by atoms with E-state index in [1.165, 1.54) is 0 Å². The van der Waals surface area contributed by atoms with Crippen LogP contribution in [0, 0.1) is 12.7 Å². The summed E-state index contributed by atoms with van der Waals surface area (Å²) in [6.45, 7) is 6.22. The Labute approximate surface area is 147 Å². The Morgan fingerprint density at radius 3 is 2.96 bits per heavy atom. The molecule has 0 aliphatic carbocycles. The maximum atomic E-state index is 14.5. The van der Waals surface area contributed by atoms with Crippen LogP contribution in [0.2, 0.25) is 0 Å². The van der Waals surface area contributed by atoms with E-state index in [1.54, 1.807) is 6.07 Å². The summed E-state index contributed by atoms with van der Waals surface area (Å²) in [5.74, 6) is 1.74. The molecule has 6 nitrogen and oxygen atoms in total. The lowest BCUT2D eigenvalue weighted by Gasteiger charge is -2.29. The van der Waals surface area contributed by atoms with E-state index in [4.69, 9.17) is 4.74 Å². The highest BCUT2D eigenvalue weighted by Gasteiger charge is 2.21. The van der Waals surface area contributed by atoms with Crippen molar-refractivity contribution in [2.75, 3.05) is 31.2 Å². The van der Waals surface area contributed by atoms with Crippen LogP contribution in [0.3, 0.4) is 0 Å². The van der Waals surface area contributed by atoms with Crippen LogP contribution in [0.1, 0.15) is 23.6 Å². The van der Waals surface area contributed by atoms with Crippen LogP contribution in [0.15, 0.2) is 18.2 Å². The molecule has 2 aliphatic heterocycles. The number of aryl methyl sites for hydroxylation is 2. The lowest BCUT2D eigenvalue weighted by molar-refractivity contribution is 0.122. The summed E-state index contributed by atoms with van der Waals surface area (Å²) in [4.78, 5) is 6.48. The van der Waals surface area contributed by atoms with E-state index in [-0.39, 0.29) is 5.82 Å². The van der Waals surface area contributed by atoms with Crippen molar-refractivity contribution in [3.05, 3.63) is 41.2 Å². The minimum atomic E-state index is -0.154. The molecular weight excluding hydrogens is 321 g/mol. The summed E-state index contributed by atoms with van der Waals surface area (Å²) in [7, 11) is 0. The second-order valence-electron chi connectivity index (χ2n) is 6.76. The lowest BCUT2D eigenvalue weighted by atomic mass is 10.1. The lowest BCUT2D eigenvalue weighted by Crippen LogP contribution is -2.37. The zero-order chi connectivity index (χ0) is 17.2. The first-order chi connectivity index (χ1) is 12.2. The first kappa shape index (κ1) is 16.5. The minimum Gasteiger partial charge on any atom is -0.378 e. The number of ether oxygens (including phenoxy) is 1. The molecule has 1 N–H and O–H groups in total. The van der Waals surface area contributed by atoms with Gasteiger partial charge in [-0.2, -0.15) is 5.10 Å². The highest BCUT2D eigenvalue weighted by molar-refractivity contribution is 5.49. The zero-order valence-electron chi connectivity index (χ0n) is 14.5. The van der Waals surface area contributed by atoms with Gasteiger partial charge in [0, 0.05) is 32.1 Å². The van der Waals surface area contributed by atoms with E-state index in [9.17, 15) is 4.39 Å². The topological polar surface area (TPSA) is 55.2 Å². The number of benzene rings is 1. The summed E-state index contributed by atoms with van der Waals surface area (Å²) in [5.41, 5.74) is 1.64. The van der Waals surface area contributed by atoms with Gasteiger partial charge in [0.15, 0.2) is 0 Å². The van der Waals surface area contributed by atoms with Crippen molar-refractivity contribution >= 4 is 5.69 Å². The molecular formula is C18H24FN5O. The number of aromatic nitrogens is 3. The van der Waals surface area contributed by atoms with Gasteiger partial charge in [-0.3, -0.25) is 0 Å². The molecule has 0 radical (unpaired) electrons. The fraction of sp³-hybridized carbons (Fsp3) is 0.556. The van der Waals surface area contributed by atoms with Crippen molar-refractivity contribution in [3.8, 4) is 0 Å². The van der Waals surface area contributed by atoms with Crippen LogP contribution in [0.25, 0.3) is 0 Å². The van der Waals surface area contributed by atoms with E-state index in [2.05, 4.69) is 15.4 Å². The standard InChI is InChI=1S/C18H24FN5O/c1-13-21-18-5-3-15(12-24(18)22-13)20-11-14-2-4-17(16(19)10-14)23-6-8-25-9-7-23/h2,4,10,15,20H,3,5-9,11-12H2,1H3/t15-/m0/s1. The number of nitrogens with zero attached hydrogens (tertiary/aromatic N) is 4. The molecule has 1 saturated heterocycles. The van der Waals surface area contributed by atoms with Crippen molar-refractivity contribution in [3.63, 3.8) is 0 Å². The van der Waals surface area contributed by atoms with Crippen LogP contribution >= 0.6 is 0 Å². The zero-order valence-corrected chi connectivity index (χ0v) is 14.5. The number of fused-ring (bicyclic) bond motifs is 1. The molecule has 0 bridgehead atoms. The van der Waals surface area contributed by atoms with Gasteiger partial charge in [-0.15, -0.1) is 0 Å². The summed E-state index contributed by atoms with van der Waals surface area (Å²) < 4.78 is 21.8. The molecule has 134 valence electrons. The van der Waals surface area contributed by atoms with Crippen molar-refractivity contribution in [2.24, 2.45) is 0 Å². The smallest absolute Gasteiger partial charge is 0.147 e. The predicted molar refractivity (Wildman–Crippen MR) is 93.1 cm³/mol. The minimum absolute atomic E-state index is 0.154. The van der Waals surface area contributed by atoms with Gasteiger partial charge in [-0.25, -0.2) is 14.1 Å². The molecule has 4 rings (SSSR count). The summed E-state index contributed by atoms with van der Waals surface area (Å²) in [6.07, 6.45) is 1.97.